The summed E-state index contributed by atoms with van der Waals surface area (Å²) in [6.07, 6.45) is 3.64. The van der Waals surface area contributed by atoms with Crippen LogP contribution in [0.3, 0.4) is 0 Å². The predicted molar refractivity (Wildman–Crippen MR) is 162 cm³/mol. The fraction of sp³-hybridized carbons (Fsp3) is 0.344. The first-order valence-electron chi connectivity index (χ1n) is 12.7. The maximum atomic E-state index is 13.2. The van der Waals surface area contributed by atoms with Crippen LogP contribution in [0.15, 0.2) is 71.6 Å². The van der Waals surface area contributed by atoms with Crippen LogP contribution >= 0.6 is 0 Å². The Morgan fingerprint density at radius 1 is 0.973 bits per heavy atom. The molecule has 0 bridgehead atoms. The molecule has 2 aromatic rings. The van der Waals surface area contributed by atoms with Gasteiger partial charge in [-0.1, -0.05) is 50.8 Å². The summed E-state index contributed by atoms with van der Waals surface area (Å²) < 4.78 is 13.2. The fourth-order valence-corrected chi connectivity index (χ4v) is 3.85. The van der Waals surface area contributed by atoms with E-state index in [1.165, 1.54) is 40.0 Å². The van der Waals surface area contributed by atoms with E-state index in [0.717, 1.165) is 53.0 Å². The summed E-state index contributed by atoms with van der Waals surface area (Å²) in [5.74, 6) is -0.228. The van der Waals surface area contributed by atoms with Crippen molar-refractivity contribution in [3.8, 4) is 0 Å². The minimum atomic E-state index is -0.228. The van der Waals surface area contributed by atoms with Crippen LogP contribution in [0.25, 0.3) is 11.1 Å². The van der Waals surface area contributed by atoms with Gasteiger partial charge in [0.2, 0.25) is 0 Å². The lowest BCUT2D eigenvalue weighted by Crippen LogP contribution is -2.16. The van der Waals surface area contributed by atoms with Crippen molar-refractivity contribution in [2.24, 2.45) is 11.5 Å². The zero-order valence-electron chi connectivity index (χ0n) is 24.3. The maximum Gasteiger partial charge on any atom is 0.123 e. The van der Waals surface area contributed by atoms with Crippen LogP contribution in [-0.2, 0) is 0 Å². The van der Waals surface area contributed by atoms with E-state index in [0.29, 0.717) is 0 Å². The summed E-state index contributed by atoms with van der Waals surface area (Å²) in [6, 6.07) is 10.9. The third-order valence-electron chi connectivity index (χ3n) is 6.22. The summed E-state index contributed by atoms with van der Waals surface area (Å²) in [6.45, 7) is 23.6. The Morgan fingerprint density at radius 3 is 2.00 bits per heavy atom. The lowest BCUT2D eigenvalue weighted by atomic mass is 9.90. The molecule has 0 radical (unpaired) electrons. The molecule has 0 heterocycles. The molecular formula is C32H47FN4. The van der Waals surface area contributed by atoms with Crippen molar-refractivity contribution in [3.05, 3.63) is 105 Å². The van der Waals surface area contributed by atoms with Gasteiger partial charge < -0.3 is 16.8 Å². The highest BCUT2D eigenvalue weighted by Crippen LogP contribution is 2.29. The number of nitrogens with two attached hydrogens (primary N) is 2. The molecule has 0 saturated heterocycles. The summed E-state index contributed by atoms with van der Waals surface area (Å²) in [7, 11) is 0. The molecule has 0 aliphatic carbocycles. The molecular weight excluding hydrogens is 459 g/mol. The largest absolute Gasteiger partial charge is 0.402 e. The number of hydrogen-bond donors (Lipinski definition) is 4. The Balaban J connectivity index is 0.00000241. The number of hydrogen-bond acceptors (Lipinski definition) is 3. The van der Waals surface area contributed by atoms with E-state index in [9.17, 15) is 4.39 Å². The smallest absolute Gasteiger partial charge is 0.123 e. The minimum absolute atomic E-state index is 0.228. The molecule has 0 atom stereocenters. The Labute approximate surface area is 224 Å². The minimum Gasteiger partial charge on any atom is -0.402 e. The Morgan fingerprint density at radius 2 is 1.49 bits per heavy atom. The normalized spacial score (nSPS) is 12.1. The van der Waals surface area contributed by atoms with Gasteiger partial charge in [0.05, 0.1) is 6.34 Å². The number of halogens is 1. The average Bonchev–Trinajstić information content (AvgIpc) is 2.86. The number of allylic oxidation sites excluding steroid dienone is 6. The van der Waals surface area contributed by atoms with Crippen LogP contribution in [0.4, 0.5) is 4.39 Å². The van der Waals surface area contributed by atoms with Crippen molar-refractivity contribution in [2.75, 3.05) is 6.54 Å². The highest BCUT2D eigenvalue weighted by atomic mass is 19.1. The lowest BCUT2D eigenvalue weighted by Gasteiger charge is -2.19. The SMILES string of the molecule is C=C(/C=C(\C)c1ccc(F)cc1)/C(C)=C(\C)NCC/C(=C(\C)N)c1c(C)ccc(C)c1C.CC.N=CN. The van der Waals surface area contributed by atoms with Gasteiger partial charge in [0, 0.05) is 17.9 Å². The second-order valence-electron chi connectivity index (χ2n) is 8.81. The monoisotopic (exact) mass is 506 g/mol. The highest BCUT2D eigenvalue weighted by molar-refractivity contribution is 5.73. The molecule has 0 saturated carbocycles. The van der Waals surface area contributed by atoms with Gasteiger partial charge in [0.15, 0.2) is 0 Å². The van der Waals surface area contributed by atoms with Crippen molar-refractivity contribution in [2.45, 2.75) is 68.7 Å². The number of benzene rings is 2. The van der Waals surface area contributed by atoms with Crippen molar-refractivity contribution in [3.63, 3.8) is 0 Å². The van der Waals surface area contributed by atoms with Gasteiger partial charge in [-0.3, -0.25) is 5.41 Å². The Kier molecular flexibility index (Phi) is 15.3. The van der Waals surface area contributed by atoms with Gasteiger partial charge in [-0.2, -0.15) is 0 Å². The third-order valence-corrected chi connectivity index (χ3v) is 6.22. The molecule has 2 rings (SSSR count). The fourth-order valence-electron chi connectivity index (χ4n) is 3.85. The van der Waals surface area contributed by atoms with Gasteiger partial charge in [-0.05, 0) is 117 Å². The van der Waals surface area contributed by atoms with Crippen molar-refractivity contribution >= 4 is 17.5 Å². The first-order valence-corrected chi connectivity index (χ1v) is 12.7. The van der Waals surface area contributed by atoms with Gasteiger partial charge >= 0.3 is 0 Å². The molecule has 0 amide bonds. The van der Waals surface area contributed by atoms with Crippen molar-refractivity contribution in [1.82, 2.24) is 5.32 Å². The highest BCUT2D eigenvalue weighted by Gasteiger charge is 2.12. The van der Waals surface area contributed by atoms with Gasteiger partial charge in [-0.25, -0.2) is 4.39 Å². The Hall–Kier alpha value is -3.60. The molecule has 202 valence electrons. The zero-order chi connectivity index (χ0) is 28.7. The molecule has 2 aromatic carbocycles. The molecule has 0 aliphatic rings. The van der Waals surface area contributed by atoms with Crippen molar-refractivity contribution < 1.29 is 4.39 Å². The van der Waals surface area contributed by atoms with Crippen LogP contribution in [0.5, 0.6) is 0 Å². The van der Waals surface area contributed by atoms with Crippen LogP contribution < -0.4 is 16.8 Å². The molecule has 0 spiro atoms. The second-order valence-corrected chi connectivity index (χ2v) is 8.81. The maximum absolute atomic E-state index is 13.2. The zero-order valence-corrected chi connectivity index (χ0v) is 24.3. The summed E-state index contributed by atoms with van der Waals surface area (Å²) in [5.41, 5.74) is 23.0. The van der Waals surface area contributed by atoms with E-state index in [2.05, 4.69) is 64.4 Å². The standard InChI is InChI=1S/C29H37FN2.C2H6.CH4N2/c1-18-9-10-19(2)29(23(18)6)28(24(7)31)15-16-32-25(8)22(5)20(3)17-21(4)26-11-13-27(30)14-12-26;1-2;2-1-3/h9-14,17,32H,3,15-16,31H2,1-2,4-8H3;1-2H3;1H,(H3,2,3)/b21-17+,25-22+,28-24-;;. The second kappa shape index (κ2) is 17.0. The summed E-state index contributed by atoms with van der Waals surface area (Å²) in [4.78, 5) is 0. The predicted octanol–water partition coefficient (Wildman–Crippen LogP) is 7.95. The van der Waals surface area contributed by atoms with E-state index in [1.807, 2.05) is 33.8 Å². The summed E-state index contributed by atoms with van der Waals surface area (Å²) >= 11 is 0. The Bertz CT molecular complexity index is 1130. The molecule has 4 nitrogen and oxygen atoms in total. The lowest BCUT2D eigenvalue weighted by molar-refractivity contribution is 0.627. The van der Waals surface area contributed by atoms with Crippen LogP contribution in [0.2, 0.25) is 0 Å². The molecule has 0 unspecified atom stereocenters. The molecule has 37 heavy (non-hydrogen) atoms. The van der Waals surface area contributed by atoms with E-state index in [1.54, 1.807) is 12.1 Å². The number of rotatable bonds is 8. The van der Waals surface area contributed by atoms with Crippen LogP contribution in [0.1, 0.15) is 75.8 Å². The van der Waals surface area contributed by atoms with E-state index in [4.69, 9.17) is 11.1 Å². The van der Waals surface area contributed by atoms with E-state index >= 15 is 0 Å². The van der Waals surface area contributed by atoms with Crippen LogP contribution in [-0.4, -0.2) is 12.9 Å². The van der Waals surface area contributed by atoms with Gasteiger partial charge in [0.25, 0.3) is 0 Å². The quantitative estimate of drug-likeness (QED) is 0.166. The summed E-state index contributed by atoms with van der Waals surface area (Å²) in [5, 5.41) is 9.40. The first-order chi connectivity index (χ1) is 17.4. The number of aryl methyl sites for hydroxylation is 2. The van der Waals surface area contributed by atoms with Crippen LogP contribution in [0, 0.1) is 32.0 Å². The molecule has 6 N–H and O–H groups in total. The molecule has 0 aliphatic heterocycles. The van der Waals surface area contributed by atoms with Gasteiger partial charge in [-0.15, -0.1) is 0 Å². The average molecular weight is 507 g/mol. The first kappa shape index (κ1) is 33.4. The topological polar surface area (TPSA) is 87.9 Å². The van der Waals surface area contributed by atoms with E-state index < -0.39 is 0 Å². The molecule has 5 heteroatoms. The number of nitrogens with one attached hydrogen (secondary N) is 2. The van der Waals surface area contributed by atoms with E-state index in [-0.39, 0.29) is 5.82 Å². The molecule has 0 aromatic heterocycles. The molecule has 0 fully saturated rings. The third kappa shape index (κ3) is 10.5. The van der Waals surface area contributed by atoms with Crippen molar-refractivity contribution in [1.29, 1.82) is 5.41 Å². The van der Waals surface area contributed by atoms with Gasteiger partial charge in [0.1, 0.15) is 5.82 Å².